The van der Waals surface area contributed by atoms with Gasteiger partial charge in [0.15, 0.2) is 0 Å². The Morgan fingerprint density at radius 3 is 2.47 bits per heavy atom. The normalized spacial score (nSPS) is 20.1. The molecule has 2 aliphatic heterocycles. The molecule has 0 saturated carbocycles. The van der Waals surface area contributed by atoms with Crippen molar-refractivity contribution in [2.75, 3.05) is 46.1 Å². The van der Waals surface area contributed by atoms with E-state index in [2.05, 4.69) is 4.90 Å². The van der Waals surface area contributed by atoms with Gasteiger partial charge in [0.05, 0.1) is 30.1 Å². The minimum absolute atomic E-state index is 0. The van der Waals surface area contributed by atoms with Gasteiger partial charge in [-0.2, -0.15) is 11.8 Å². The summed E-state index contributed by atoms with van der Waals surface area (Å²) in [7, 11) is 3.30. The number of hydrogen-bond acceptors (Lipinski definition) is 9. The minimum Gasteiger partial charge on any atom is -0.669 e. The van der Waals surface area contributed by atoms with Crippen LogP contribution in [0.2, 0.25) is 0 Å². The zero-order valence-corrected chi connectivity index (χ0v) is 22.6. The monoisotopic (exact) mass is 456 g/mol. The fraction of sp³-hybridized carbons (Fsp3) is 0.529. The summed E-state index contributed by atoms with van der Waals surface area (Å²) < 4.78 is 10.3. The first-order chi connectivity index (χ1) is 13.2. The van der Waals surface area contributed by atoms with Gasteiger partial charge in [0.2, 0.25) is 5.91 Å². The van der Waals surface area contributed by atoms with Crippen LogP contribution in [0.5, 0.6) is 11.5 Å². The Balaban J connectivity index is 0.00000225. The van der Waals surface area contributed by atoms with E-state index in [1.54, 1.807) is 11.0 Å². The van der Waals surface area contributed by atoms with Crippen molar-refractivity contribution in [1.82, 2.24) is 9.80 Å². The van der Waals surface area contributed by atoms with E-state index in [4.69, 9.17) is 9.39 Å². The molecule has 0 aromatic heterocycles. The van der Waals surface area contributed by atoms with Crippen LogP contribution >= 0.6 is 11.8 Å². The molecule has 0 bridgehead atoms. The molecule has 1 aromatic carbocycles. The van der Waals surface area contributed by atoms with E-state index in [0.29, 0.717) is 18.7 Å². The van der Waals surface area contributed by atoms with E-state index in [1.807, 2.05) is 7.05 Å². The third kappa shape index (κ3) is 6.31. The Labute approximate surface area is 224 Å². The molecule has 30 heavy (non-hydrogen) atoms. The van der Waals surface area contributed by atoms with Crippen LogP contribution in [-0.4, -0.2) is 89.7 Å². The minimum atomic E-state index is -3.37. The van der Waals surface area contributed by atoms with E-state index in [-0.39, 0.29) is 94.3 Å². The van der Waals surface area contributed by atoms with Gasteiger partial charge in [-0.3, -0.25) is 4.79 Å². The summed E-state index contributed by atoms with van der Waals surface area (Å²) in [4.78, 5) is 27.8. The quantitative estimate of drug-likeness (QED) is 0.416. The van der Waals surface area contributed by atoms with Gasteiger partial charge in [-0.15, -0.1) is 0 Å². The number of fused-ring (bicyclic) bond motifs is 1. The van der Waals surface area contributed by atoms with Gasteiger partial charge in [-0.25, -0.2) is 0 Å². The summed E-state index contributed by atoms with van der Waals surface area (Å²) in [5.41, 5.74) is 0.136. The molecule has 0 spiro atoms. The predicted molar refractivity (Wildman–Crippen MR) is 102 cm³/mol. The van der Waals surface area contributed by atoms with Crippen molar-refractivity contribution in [1.29, 1.82) is 0 Å². The van der Waals surface area contributed by atoms with Crippen molar-refractivity contribution in [3.63, 3.8) is 0 Å². The second kappa shape index (κ2) is 11.8. The molecule has 13 heteroatoms. The number of benzene rings is 1. The van der Waals surface area contributed by atoms with Crippen molar-refractivity contribution in [3.8, 4) is 11.5 Å². The molecular formula is C17H23BN2Na2O7S. The number of aromatic carboxylic acids is 1. The maximum absolute atomic E-state index is 12.4. The Kier molecular flexibility index (Phi) is 11.0. The number of thioether (sulfide) groups is 1. The molecule has 9 nitrogen and oxygen atoms in total. The van der Waals surface area contributed by atoms with Gasteiger partial charge in [0.25, 0.3) is 0 Å². The zero-order valence-electron chi connectivity index (χ0n) is 17.8. The van der Waals surface area contributed by atoms with Gasteiger partial charge in [-0.1, -0.05) is 6.07 Å². The van der Waals surface area contributed by atoms with E-state index in [1.165, 1.54) is 13.2 Å². The number of likely N-dealkylation sites (N-methyl/N-ethyl adjacent to an activating group) is 1. The number of carboxylic acids is 1. The molecule has 2 N–H and O–H groups in total. The van der Waals surface area contributed by atoms with E-state index in [0.717, 1.165) is 24.9 Å². The van der Waals surface area contributed by atoms with E-state index in [9.17, 15) is 24.7 Å². The Morgan fingerprint density at radius 2 is 1.90 bits per heavy atom. The molecule has 1 fully saturated rings. The Morgan fingerprint density at radius 1 is 1.27 bits per heavy atom. The number of nitrogens with zero attached hydrogens (tertiary/aromatic N) is 2. The fourth-order valence-electron chi connectivity index (χ4n) is 3.40. The number of rotatable bonds is 5. The molecule has 3 rings (SSSR count). The first-order valence-electron chi connectivity index (χ1n) is 9.00. The van der Waals surface area contributed by atoms with Crippen LogP contribution in [0.3, 0.4) is 0 Å². The standard InChI is InChI=1S/C17H24BN2O7S.2Na/c1-19-5-7-20(8-6-19)14(21)10-28-13-9-11-3-4-12(26-2)15(17(22)23)16(11)27-18(13,24)25;;/h3-4,13,24-25H,5-10H2,1-2H3,(H,22,23);;/q-1;2*+1/p-1/t13-;;/m0../s1. The topological polar surface area (TPSA) is 123 Å². The number of hydrogen-bond donors (Lipinski definition) is 2. The molecule has 154 valence electrons. The predicted octanol–water partition coefficient (Wildman–Crippen LogP) is -7.66. The summed E-state index contributed by atoms with van der Waals surface area (Å²) >= 11 is 1.10. The number of carboxylic acid groups (broad SMARTS) is 1. The maximum Gasteiger partial charge on any atom is 1.00 e. The maximum atomic E-state index is 12.4. The first kappa shape index (κ1) is 28.1. The number of carbonyl (C=O) groups excluding carboxylic acids is 2. The molecular weight excluding hydrogens is 433 g/mol. The Hall–Kier alpha value is 0.0549. The zero-order chi connectivity index (χ0) is 20.5. The van der Waals surface area contributed by atoms with Crippen molar-refractivity contribution >= 4 is 30.4 Å². The van der Waals surface area contributed by atoms with Crippen LogP contribution < -0.4 is 73.6 Å². The molecule has 2 aliphatic rings. The average Bonchev–Trinajstić information content (AvgIpc) is 2.64. The van der Waals surface area contributed by atoms with Crippen LogP contribution in [-0.2, 0) is 11.2 Å². The molecule has 0 aliphatic carbocycles. The summed E-state index contributed by atoms with van der Waals surface area (Å²) in [5, 5.41) is 31.5. The number of methoxy groups -OCH3 is 1. The summed E-state index contributed by atoms with van der Waals surface area (Å²) in [6.45, 7) is -0.478. The van der Waals surface area contributed by atoms with Crippen LogP contribution in [0, 0.1) is 0 Å². The van der Waals surface area contributed by atoms with Crippen molar-refractivity contribution < 1.29 is 93.2 Å². The third-order valence-electron chi connectivity index (χ3n) is 5.10. The smallest absolute Gasteiger partial charge is 0.669 e. The second-order valence-electron chi connectivity index (χ2n) is 7.03. The van der Waals surface area contributed by atoms with Gasteiger partial charge in [0, 0.05) is 26.2 Å². The molecule has 0 radical (unpaired) electrons. The van der Waals surface area contributed by atoms with Gasteiger partial charge < -0.3 is 39.1 Å². The SMILES string of the molecule is COc1ccc2c(c1C(=O)[O-])O[B-](O)(O)[C@@H](SCC(=O)N1CCN(C)CC1)C2.[Na+].[Na+]. The second-order valence-corrected chi connectivity index (χ2v) is 8.26. The van der Waals surface area contributed by atoms with Gasteiger partial charge in [-0.05, 0) is 30.2 Å². The van der Waals surface area contributed by atoms with Crippen LogP contribution in [0.25, 0.3) is 0 Å². The van der Waals surface area contributed by atoms with Gasteiger partial charge >= 0.3 is 65.9 Å². The largest absolute Gasteiger partial charge is 1.00 e. The number of carbonyl (C=O) groups is 2. The molecule has 2 heterocycles. The van der Waals surface area contributed by atoms with Gasteiger partial charge in [0.1, 0.15) is 5.75 Å². The third-order valence-corrected chi connectivity index (χ3v) is 6.46. The summed E-state index contributed by atoms with van der Waals surface area (Å²) in [5.74, 6) is -1.66. The molecule has 1 atom stereocenters. The molecule has 1 saturated heterocycles. The molecule has 1 aromatic rings. The molecule has 1 amide bonds. The number of piperazine rings is 1. The number of ether oxygens (including phenoxy) is 1. The molecule has 0 unspecified atom stereocenters. The van der Waals surface area contributed by atoms with Crippen LogP contribution in [0.15, 0.2) is 12.1 Å². The summed E-state index contributed by atoms with van der Waals surface area (Å²) in [6.07, 6.45) is 0.146. The first-order valence-corrected chi connectivity index (χ1v) is 10.0. The Bertz CT molecular complexity index is 779. The van der Waals surface area contributed by atoms with Crippen molar-refractivity contribution in [3.05, 3.63) is 23.3 Å². The van der Waals surface area contributed by atoms with Crippen LogP contribution in [0.4, 0.5) is 0 Å². The fourth-order valence-corrected chi connectivity index (χ4v) is 4.54. The van der Waals surface area contributed by atoms with Crippen molar-refractivity contribution in [2.24, 2.45) is 0 Å². The van der Waals surface area contributed by atoms with Crippen LogP contribution in [0.1, 0.15) is 15.9 Å². The summed E-state index contributed by atoms with van der Waals surface area (Å²) in [6, 6.07) is 3.08. The van der Waals surface area contributed by atoms with E-state index < -0.39 is 17.9 Å². The van der Waals surface area contributed by atoms with E-state index >= 15 is 0 Å². The average molecular weight is 456 g/mol. The van der Waals surface area contributed by atoms with Crippen molar-refractivity contribution in [2.45, 2.75) is 11.6 Å². The number of amides is 1.